The zero-order valence-electron chi connectivity index (χ0n) is 19.2. The smallest absolute Gasteiger partial charge is 0.298 e. The van der Waals surface area contributed by atoms with Gasteiger partial charge in [-0.05, 0) is 17.7 Å². The van der Waals surface area contributed by atoms with Crippen molar-refractivity contribution in [1.82, 2.24) is 25.1 Å². The summed E-state index contributed by atoms with van der Waals surface area (Å²) < 4.78 is 1.28. The molecule has 0 saturated carbocycles. The third-order valence-electron chi connectivity index (χ3n) is 5.18. The van der Waals surface area contributed by atoms with E-state index in [1.165, 1.54) is 4.57 Å². The van der Waals surface area contributed by atoms with Crippen LogP contribution in [0, 0.1) is 5.41 Å². The molecule has 0 aliphatic heterocycles. The number of nitrogens with one attached hydrogen (secondary N) is 3. The van der Waals surface area contributed by atoms with E-state index in [1.54, 1.807) is 53.5 Å². The first-order valence-electron chi connectivity index (χ1n) is 10.9. The summed E-state index contributed by atoms with van der Waals surface area (Å²) in [6.45, 7) is 5.19. The molecular weight excluding hydrogens is 434 g/mol. The van der Waals surface area contributed by atoms with Gasteiger partial charge >= 0.3 is 0 Å². The lowest BCUT2D eigenvalue weighted by Gasteiger charge is -2.20. The van der Waals surface area contributed by atoms with E-state index in [0.717, 1.165) is 5.56 Å². The molecule has 0 bridgehead atoms. The summed E-state index contributed by atoms with van der Waals surface area (Å²) in [5.74, 6) is -0.125. The lowest BCUT2D eigenvalue weighted by atomic mass is 10.1. The molecule has 0 saturated heterocycles. The molecule has 0 aliphatic rings. The summed E-state index contributed by atoms with van der Waals surface area (Å²) in [6, 6.07) is 13.9. The molecule has 7 N–H and O–H groups in total. The summed E-state index contributed by atoms with van der Waals surface area (Å²) >= 11 is 0. The fourth-order valence-corrected chi connectivity index (χ4v) is 3.26. The Morgan fingerprint density at radius 1 is 1.12 bits per heavy atom. The average molecular weight is 464 g/mol. The van der Waals surface area contributed by atoms with E-state index in [1.807, 2.05) is 13.8 Å². The number of rotatable bonds is 10. The molecule has 11 heteroatoms. The van der Waals surface area contributed by atoms with E-state index in [0.29, 0.717) is 29.9 Å². The standard InChI is InChI=1S/C23H29N9O2/c1-3-31(4-2)30-21-23(34)32(22(29-28-21)17-6-5-7-18(24)12-17)14-19(33)27-13-15-8-10-16(11-9-15)20(25)26/h5-12H,3-4,13-14,24H2,1-2H3,(H3,25,26)(H,27,33)(H,28,30). The molecule has 0 radical (unpaired) electrons. The van der Waals surface area contributed by atoms with Crippen molar-refractivity contribution < 1.29 is 4.79 Å². The summed E-state index contributed by atoms with van der Waals surface area (Å²) in [5, 5.41) is 20.4. The van der Waals surface area contributed by atoms with E-state index < -0.39 is 5.56 Å². The predicted octanol–water partition coefficient (Wildman–Crippen LogP) is 1.16. The predicted molar refractivity (Wildman–Crippen MR) is 132 cm³/mol. The molecule has 2 aromatic carbocycles. The zero-order chi connectivity index (χ0) is 24.7. The van der Waals surface area contributed by atoms with Crippen LogP contribution in [-0.4, -0.2) is 44.6 Å². The van der Waals surface area contributed by atoms with Gasteiger partial charge < -0.3 is 16.8 Å². The molecule has 1 heterocycles. The van der Waals surface area contributed by atoms with Crippen LogP contribution in [0.1, 0.15) is 25.0 Å². The third-order valence-corrected chi connectivity index (χ3v) is 5.18. The molecule has 34 heavy (non-hydrogen) atoms. The molecule has 3 aromatic rings. The number of anilines is 2. The number of nitrogens with two attached hydrogens (primary N) is 2. The van der Waals surface area contributed by atoms with Crippen molar-refractivity contribution >= 4 is 23.2 Å². The molecule has 0 aliphatic carbocycles. The zero-order valence-corrected chi connectivity index (χ0v) is 19.2. The molecule has 178 valence electrons. The molecule has 11 nitrogen and oxygen atoms in total. The maximum absolute atomic E-state index is 13.3. The minimum atomic E-state index is -0.472. The van der Waals surface area contributed by atoms with Gasteiger partial charge in [0.25, 0.3) is 5.56 Å². The van der Waals surface area contributed by atoms with E-state index in [4.69, 9.17) is 16.9 Å². The fourth-order valence-electron chi connectivity index (χ4n) is 3.26. The van der Waals surface area contributed by atoms with Crippen molar-refractivity contribution in [3.05, 3.63) is 70.0 Å². The summed E-state index contributed by atoms with van der Waals surface area (Å²) in [4.78, 5) is 26.0. The largest absolute Gasteiger partial charge is 0.399 e. The number of carbonyl (C=O) groups is 1. The van der Waals surface area contributed by atoms with E-state index in [2.05, 4.69) is 20.9 Å². The van der Waals surface area contributed by atoms with Gasteiger partial charge in [-0.3, -0.25) is 25.0 Å². The monoisotopic (exact) mass is 463 g/mol. The number of carbonyl (C=O) groups excluding carboxylic acids is 1. The van der Waals surface area contributed by atoms with Gasteiger partial charge in [0.1, 0.15) is 12.4 Å². The number of hydrogen-bond acceptors (Lipinski definition) is 8. The van der Waals surface area contributed by atoms with Crippen LogP contribution < -0.4 is 27.8 Å². The number of benzene rings is 2. The molecule has 3 rings (SSSR count). The summed E-state index contributed by atoms with van der Waals surface area (Å²) in [5.41, 5.74) is 16.4. The first-order chi connectivity index (χ1) is 16.3. The van der Waals surface area contributed by atoms with Crippen LogP contribution in [0.15, 0.2) is 53.3 Å². The molecular formula is C23H29N9O2. The Morgan fingerprint density at radius 2 is 1.82 bits per heavy atom. The SMILES string of the molecule is CCN(CC)Nc1nnc(-c2cccc(N)c2)n(CC(=O)NCc2ccc(C(=N)N)cc2)c1=O. The lowest BCUT2D eigenvalue weighted by molar-refractivity contribution is -0.121. The number of nitrogen functional groups attached to an aromatic ring is 2. The van der Waals surface area contributed by atoms with E-state index >= 15 is 0 Å². The highest BCUT2D eigenvalue weighted by Gasteiger charge is 2.18. The Labute approximate surface area is 197 Å². The number of hydrogen-bond donors (Lipinski definition) is 5. The van der Waals surface area contributed by atoms with E-state index in [-0.39, 0.29) is 36.5 Å². The molecule has 0 fully saturated rings. The lowest BCUT2D eigenvalue weighted by Crippen LogP contribution is -2.38. The van der Waals surface area contributed by atoms with Crippen LogP contribution in [0.3, 0.4) is 0 Å². The van der Waals surface area contributed by atoms with Crippen molar-refractivity contribution in [2.45, 2.75) is 26.9 Å². The molecule has 0 unspecified atom stereocenters. The normalized spacial score (nSPS) is 10.8. The van der Waals surface area contributed by atoms with Gasteiger partial charge in [-0.25, -0.2) is 5.01 Å². The average Bonchev–Trinajstić information content (AvgIpc) is 2.83. The first-order valence-corrected chi connectivity index (χ1v) is 10.9. The maximum Gasteiger partial charge on any atom is 0.298 e. The Bertz CT molecular complexity index is 1220. The van der Waals surface area contributed by atoms with Crippen LogP contribution >= 0.6 is 0 Å². The molecule has 1 amide bonds. The molecule has 0 spiro atoms. The summed E-state index contributed by atoms with van der Waals surface area (Å²) in [6.07, 6.45) is 0. The summed E-state index contributed by atoms with van der Waals surface area (Å²) in [7, 11) is 0. The van der Waals surface area contributed by atoms with Crippen molar-refractivity contribution in [3.63, 3.8) is 0 Å². The van der Waals surface area contributed by atoms with Gasteiger partial charge in [-0.2, -0.15) is 0 Å². The van der Waals surface area contributed by atoms with Gasteiger partial charge in [0.2, 0.25) is 11.7 Å². The van der Waals surface area contributed by atoms with Crippen LogP contribution in [0.4, 0.5) is 11.5 Å². The number of amides is 1. The highest BCUT2D eigenvalue weighted by atomic mass is 16.2. The van der Waals surface area contributed by atoms with Crippen LogP contribution in [0.2, 0.25) is 0 Å². The maximum atomic E-state index is 13.3. The van der Waals surface area contributed by atoms with E-state index in [9.17, 15) is 9.59 Å². The fraction of sp³-hybridized carbons (Fsp3) is 0.261. The van der Waals surface area contributed by atoms with Crippen molar-refractivity contribution in [1.29, 1.82) is 5.41 Å². The minimum absolute atomic E-state index is 0.0247. The minimum Gasteiger partial charge on any atom is -0.399 e. The Morgan fingerprint density at radius 3 is 2.44 bits per heavy atom. The Hall–Kier alpha value is -4.25. The van der Waals surface area contributed by atoms with Gasteiger partial charge in [-0.15, -0.1) is 10.2 Å². The second-order valence-corrected chi connectivity index (χ2v) is 7.56. The van der Waals surface area contributed by atoms with Gasteiger partial charge in [0.15, 0.2) is 5.82 Å². The second-order valence-electron chi connectivity index (χ2n) is 7.56. The van der Waals surface area contributed by atoms with Gasteiger partial charge in [-0.1, -0.05) is 50.2 Å². The van der Waals surface area contributed by atoms with Crippen LogP contribution in [-0.2, 0) is 17.9 Å². The molecule has 0 atom stereocenters. The first kappa shape index (κ1) is 24.4. The van der Waals surface area contributed by atoms with Crippen LogP contribution in [0.25, 0.3) is 11.4 Å². The Kier molecular flexibility index (Phi) is 7.93. The van der Waals surface area contributed by atoms with Crippen molar-refractivity contribution in [3.8, 4) is 11.4 Å². The highest BCUT2D eigenvalue weighted by molar-refractivity contribution is 5.94. The third kappa shape index (κ3) is 5.95. The van der Waals surface area contributed by atoms with Gasteiger partial charge in [0.05, 0.1) is 0 Å². The topological polar surface area (TPSA) is 168 Å². The Balaban J connectivity index is 1.86. The highest BCUT2D eigenvalue weighted by Crippen LogP contribution is 2.18. The number of nitrogens with zero attached hydrogens (tertiary/aromatic N) is 4. The second kappa shape index (κ2) is 11.1. The number of aromatic nitrogens is 3. The van der Waals surface area contributed by atoms with Crippen LogP contribution in [0.5, 0.6) is 0 Å². The number of hydrazine groups is 1. The number of amidine groups is 1. The van der Waals surface area contributed by atoms with Gasteiger partial charge in [0, 0.05) is 36.4 Å². The molecule has 1 aromatic heterocycles. The van der Waals surface area contributed by atoms with Crippen molar-refractivity contribution in [2.75, 3.05) is 24.2 Å². The van der Waals surface area contributed by atoms with Crippen molar-refractivity contribution in [2.24, 2.45) is 5.73 Å². The quantitative estimate of drug-likeness (QED) is 0.129.